The van der Waals surface area contributed by atoms with Crippen molar-refractivity contribution < 1.29 is 0 Å². The fourth-order valence-electron chi connectivity index (χ4n) is 4.89. The van der Waals surface area contributed by atoms with Gasteiger partial charge in [-0.3, -0.25) is 9.59 Å². The molecular formula is C29H18O2. The number of benzene rings is 4. The highest BCUT2D eigenvalue weighted by Gasteiger charge is 2.14. The minimum Gasteiger partial charge on any atom is -0.289 e. The van der Waals surface area contributed by atoms with Gasteiger partial charge < -0.3 is 0 Å². The summed E-state index contributed by atoms with van der Waals surface area (Å²) >= 11 is 0. The second kappa shape index (κ2) is 6.23. The highest BCUT2D eigenvalue weighted by Crippen LogP contribution is 2.33. The van der Waals surface area contributed by atoms with E-state index in [9.17, 15) is 9.59 Å². The smallest absolute Gasteiger partial charge is 0.194 e. The lowest BCUT2D eigenvalue weighted by Gasteiger charge is -2.05. The van der Waals surface area contributed by atoms with Crippen LogP contribution in [0.1, 0.15) is 11.1 Å². The summed E-state index contributed by atoms with van der Waals surface area (Å²) in [4.78, 5) is 25.7. The zero-order valence-corrected chi connectivity index (χ0v) is 17.0. The zero-order valence-electron chi connectivity index (χ0n) is 17.0. The molecule has 0 aliphatic carbocycles. The quantitative estimate of drug-likeness (QED) is 0.245. The van der Waals surface area contributed by atoms with Crippen molar-refractivity contribution in [1.82, 2.24) is 0 Å². The molecule has 0 saturated heterocycles. The third kappa shape index (κ3) is 2.39. The summed E-state index contributed by atoms with van der Waals surface area (Å²) in [6, 6.07) is 20.2. The van der Waals surface area contributed by atoms with E-state index in [0.29, 0.717) is 0 Å². The zero-order chi connectivity index (χ0) is 21.3. The van der Waals surface area contributed by atoms with Gasteiger partial charge in [0.15, 0.2) is 10.9 Å². The molecular weight excluding hydrogens is 380 g/mol. The Morgan fingerprint density at radius 3 is 1.84 bits per heavy atom. The van der Waals surface area contributed by atoms with E-state index in [-0.39, 0.29) is 10.9 Å². The van der Waals surface area contributed by atoms with Crippen molar-refractivity contribution in [3.05, 3.63) is 111 Å². The molecule has 0 atom stereocenters. The molecule has 2 heteroatoms. The van der Waals surface area contributed by atoms with Crippen molar-refractivity contribution >= 4 is 59.9 Å². The van der Waals surface area contributed by atoms with E-state index < -0.39 is 0 Å². The molecule has 6 rings (SSSR count). The maximum absolute atomic E-state index is 12.9. The standard InChI is InChI=1S/C29H18O2/c1-3-4-7-21-16(2)28(30)26-14-19-11-20-15-27-25(13-18(20)10-17(19)12-24(21)26)22-8-5-6-9-23(22)29(27)31/h3-15H,1H2,2H3/b7-4-. The van der Waals surface area contributed by atoms with Gasteiger partial charge in [0.1, 0.15) is 0 Å². The second-order valence-corrected chi connectivity index (χ2v) is 8.18. The van der Waals surface area contributed by atoms with Crippen LogP contribution in [0.2, 0.25) is 0 Å². The van der Waals surface area contributed by atoms with Gasteiger partial charge in [0, 0.05) is 21.7 Å². The second-order valence-electron chi connectivity index (χ2n) is 8.18. The molecule has 6 aromatic carbocycles. The molecule has 0 radical (unpaired) electrons. The molecule has 6 aromatic rings. The maximum atomic E-state index is 12.9. The Hall–Kier alpha value is -4.04. The van der Waals surface area contributed by atoms with Crippen LogP contribution >= 0.6 is 0 Å². The monoisotopic (exact) mass is 398 g/mol. The summed E-state index contributed by atoms with van der Waals surface area (Å²) < 4.78 is 0. The molecule has 31 heavy (non-hydrogen) atoms. The average Bonchev–Trinajstić information content (AvgIpc) is 3.19. The first-order valence-corrected chi connectivity index (χ1v) is 10.3. The molecule has 0 amide bonds. The topological polar surface area (TPSA) is 34.1 Å². The van der Waals surface area contributed by atoms with Gasteiger partial charge in [0.25, 0.3) is 0 Å². The molecule has 0 saturated carbocycles. The largest absolute Gasteiger partial charge is 0.289 e. The lowest BCUT2D eigenvalue weighted by molar-refractivity contribution is 1.47. The minimum absolute atomic E-state index is 0.0697. The van der Waals surface area contributed by atoms with Crippen molar-refractivity contribution in [2.75, 3.05) is 0 Å². The number of rotatable bonds is 2. The van der Waals surface area contributed by atoms with Gasteiger partial charge in [-0.25, -0.2) is 0 Å². The lowest BCUT2D eigenvalue weighted by atomic mass is 9.98. The first kappa shape index (κ1) is 17.8. The van der Waals surface area contributed by atoms with Gasteiger partial charge in [0.05, 0.1) is 0 Å². The van der Waals surface area contributed by atoms with E-state index in [4.69, 9.17) is 0 Å². The summed E-state index contributed by atoms with van der Waals surface area (Å²) in [6.45, 7) is 5.61. The fourth-order valence-corrected chi connectivity index (χ4v) is 4.89. The van der Waals surface area contributed by atoms with E-state index in [0.717, 1.165) is 65.0 Å². The molecule has 0 aromatic heterocycles. The van der Waals surface area contributed by atoms with Crippen molar-refractivity contribution in [2.24, 2.45) is 0 Å². The van der Waals surface area contributed by atoms with Crippen molar-refractivity contribution in [3.63, 3.8) is 0 Å². The third-order valence-corrected chi connectivity index (χ3v) is 6.45. The molecule has 0 aliphatic heterocycles. The molecule has 0 fully saturated rings. The molecule has 2 nitrogen and oxygen atoms in total. The molecule has 0 unspecified atom stereocenters. The van der Waals surface area contributed by atoms with E-state index in [2.05, 4.69) is 30.8 Å². The Balaban J connectivity index is 1.73. The predicted molar refractivity (Wildman–Crippen MR) is 133 cm³/mol. The highest BCUT2D eigenvalue weighted by molar-refractivity contribution is 6.17. The molecule has 0 heterocycles. The predicted octanol–water partition coefficient (Wildman–Crippen LogP) is 6.56. The Bertz CT molecular complexity index is 1840. The SMILES string of the molecule is C=C/C=C\c1c(C)c(=O)c2cc3cc4cc5c(=O)c6ccccc6c5cc4cc3cc12. The number of allylic oxidation sites excluding steroid dienone is 2. The number of hydrogen-bond acceptors (Lipinski definition) is 2. The average molecular weight is 398 g/mol. The van der Waals surface area contributed by atoms with Gasteiger partial charge in [0.2, 0.25) is 0 Å². The van der Waals surface area contributed by atoms with Crippen LogP contribution in [0.15, 0.2) is 89.0 Å². The van der Waals surface area contributed by atoms with E-state index in [1.807, 2.05) is 55.5 Å². The fraction of sp³-hybridized carbons (Fsp3) is 0.0345. The van der Waals surface area contributed by atoms with Crippen molar-refractivity contribution in [1.29, 1.82) is 0 Å². The first-order valence-electron chi connectivity index (χ1n) is 10.3. The summed E-state index contributed by atoms with van der Waals surface area (Å²) in [7, 11) is 0. The van der Waals surface area contributed by atoms with E-state index in [1.165, 1.54) is 0 Å². The molecule has 0 spiro atoms. The van der Waals surface area contributed by atoms with E-state index >= 15 is 0 Å². The Morgan fingerprint density at radius 2 is 1.19 bits per heavy atom. The third-order valence-electron chi connectivity index (χ3n) is 6.45. The van der Waals surface area contributed by atoms with Crippen LogP contribution in [0.4, 0.5) is 0 Å². The lowest BCUT2D eigenvalue weighted by Crippen LogP contribution is -1.97. The van der Waals surface area contributed by atoms with Crippen LogP contribution < -0.4 is 10.9 Å². The van der Waals surface area contributed by atoms with Crippen molar-refractivity contribution in [2.45, 2.75) is 6.92 Å². The number of fused-ring (bicyclic) bond motifs is 6. The van der Waals surface area contributed by atoms with Crippen LogP contribution in [-0.4, -0.2) is 0 Å². The Morgan fingerprint density at radius 1 is 0.645 bits per heavy atom. The Labute approximate surface area is 178 Å². The summed E-state index contributed by atoms with van der Waals surface area (Å²) in [5, 5.41) is 9.39. The van der Waals surface area contributed by atoms with Crippen LogP contribution in [-0.2, 0) is 0 Å². The summed E-state index contributed by atoms with van der Waals surface area (Å²) in [6.07, 6.45) is 5.54. The molecule has 0 aliphatic rings. The van der Waals surface area contributed by atoms with Crippen molar-refractivity contribution in [3.8, 4) is 0 Å². The minimum atomic E-state index is 0.0697. The van der Waals surface area contributed by atoms with Gasteiger partial charge in [-0.15, -0.1) is 0 Å². The first-order chi connectivity index (χ1) is 15.1. The van der Waals surface area contributed by atoms with Crippen LogP contribution in [0.5, 0.6) is 0 Å². The van der Waals surface area contributed by atoms with Crippen LogP contribution in [0.25, 0.3) is 59.9 Å². The number of hydrogen-bond donors (Lipinski definition) is 0. The van der Waals surface area contributed by atoms with Gasteiger partial charge in [-0.05, 0) is 86.6 Å². The maximum Gasteiger partial charge on any atom is 0.194 e. The Kier molecular flexibility index (Phi) is 3.57. The molecule has 0 N–H and O–H groups in total. The normalized spacial score (nSPS) is 12.3. The van der Waals surface area contributed by atoms with Crippen LogP contribution in [0.3, 0.4) is 0 Å². The molecule has 0 bridgehead atoms. The van der Waals surface area contributed by atoms with E-state index in [1.54, 1.807) is 6.08 Å². The van der Waals surface area contributed by atoms with Gasteiger partial charge >= 0.3 is 0 Å². The summed E-state index contributed by atoms with van der Waals surface area (Å²) in [5.41, 5.74) is 1.86. The van der Waals surface area contributed by atoms with Gasteiger partial charge in [-0.2, -0.15) is 0 Å². The molecule has 146 valence electrons. The summed E-state index contributed by atoms with van der Waals surface area (Å²) in [5.74, 6) is 0. The highest BCUT2D eigenvalue weighted by atomic mass is 16.1. The van der Waals surface area contributed by atoms with Gasteiger partial charge in [-0.1, -0.05) is 49.1 Å². The van der Waals surface area contributed by atoms with Crippen LogP contribution in [0, 0.1) is 6.92 Å².